The number of carbonyl (C=O) groups is 1. The molecular formula is C17H17FO3. The van der Waals surface area contributed by atoms with Crippen LogP contribution in [0.4, 0.5) is 4.39 Å². The zero-order chi connectivity index (χ0) is 15.4. The van der Waals surface area contributed by atoms with E-state index in [1.807, 2.05) is 0 Å². The van der Waals surface area contributed by atoms with Crippen LogP contribution in [0.2, 0.25) is 0 Å². The number of ether oxygens (including phenoxy) is 2. The van der Waals surface area contributed by atoms with Gasteiger partial charge in [-0.15, -0.1) is 0 Å². The van der Waals surface area contributed by atoms with Gasteiger partial charge in [-0.25, -0.2) is 4.39 Å². The molecule has 0 saturated carbocycles. The van der Waals surface area contributed by atoms with Crippen LogP contribution in [0.5, 0.6) is 11.5 Å². The van der Waals surface area contributed by atoms with Crippen LogP contribution >= 0.6 is 0 Å². The average Bonchev–Trinajstić information content (AvgIpc) is 2.49. The van der Waals surface area contributed by atoms with E-state index in [4.69, 9.17) is 9.47 Å². The zero-order valence-corrected chi connectivity index (χ0v) is 12.3. The highest BCUT2D eigenvalue weighted by Gasteiger charge is 2.12. The van der Waals surface area contributed by atoms with Crippen LogP contribution in [0.15, 0.2) is 36.4 Å². The fourth-order valence-corrected chi connectivity index (χ4v) is 2.14. The maximum Gasteiger partial charge on any atom is 0.167 e. The second kappa shape index (κ2) is 6.39. The van der Waals surface area contributed by atoms with E-state index in [1.54, 1.807) is 38.3 Å². The highest BCUT2D eigenvalue weighted by Crippen LogP contribution is 2.28. The van der Waals surface area contributed by atoms with E-state index in [0.717, 1.165) is 11.1 Å². The number of hydrogen-bond acceptors (Lipinski definition) is 3. The number of aryl methyl sites for hydroxylation is 1. The molecule has 2 aromatic carbocycles. The molecule has 21 heavy (non-hydrogen) atoms. The third kappa shape index (κ3) is 3.40. The summed E-state index contributed by atoms with van der Waals surface area (Å²) in [5, 5.41) is 0. The van der Waals surface area contributed by atoms with E-state index < -0.39 is 0 Å². The van der Waals surface area contributed by atoms with Crippen molar-refractivity contribution in [2.75, 3.05) is 14.2 Å². The summed E-state index contributed by atoms with van der Waals surface area (Å²) in [6, 6.07) is 9.48. The Morgan fingerprint density at radius 2 is 1.76 bits per heavy atom. The number of rotatable bonds is 5. The third-order valence-corrected chi connectivity index (χ3v) is 3.36. The molecule has 0 bridgehead atoms. The quantitative estimate of drug-likeness (QED) is 0.789. The highest BCUT2D eigenvalue weighted by molar-refractivity contribution is 5.98. The molecular weight excluding hydrogens is 271 g/mol. The van der Waals surface area contributed by atoms with Gasteiger partial charge < -0.3 is 9.47 Å². The molecule has 2 rings (SSSR count). The maximum absolute atomic E-state index is 13.1. The van der Waals surface area contributed by atoms with E-state index in [-0.39, 0.29) is 18.0 Å². The average molecular weight is 288 g/mol. The summed E-state index contributed by atoms with van der Waals surface area (Å²) in [6.45, 7) is 1.79. The van der Waals surface area contributed by atoms with Crippen molar-refractivity contribution in [3.05, 3.63) is 58.9 Å². The lowest BCUT2D eigenvalue weighted by molar-refractivity contribution is 0.0992. The van der Waals surface area contributed by atoms with Crippen LogP contribution < -0.4 is 9.47 Å². The van der Waals surface area contributed by atoms with Gasteiger partial charge in [0.15, 0.2) is 17.3 Å². The molecule has 0 aliphatic carbocycles. The van der Waals surface area contributed by atoms with Gasteiger partial charge in [-0.05, 0) is 48.4 Å². The summed E-state index contributed by atoms with van der Waals surface area (Å²) in [5.41, 5.74) is 2.12. The molecule has 0 unspecified atom stereocenters. The smallest absolute Gasteiger partial charge is 0.167 e. The Balaban J connectivity index is 2.24. The molecule has 0 amide bonds. The molecule has 0 spiro atoms. The minimum absolute atomic E-state index is 0.0503. The Hall–Kier alpha value is -2.36. The molecule has 0 aromatic heterocycles. The Morgan fingerprint density at radius 3 is 2.38 bits per heavy atom. The molecule has 0 heterocycles. The number of benzene rings is 2. The van der Waals surface area contributed by atoms with Crippen molar-refractivity contribution in [3.8, 4) is 11.5 Å². The van der Waals surface area contributed by atoms with Gasteiger partial charge in [0.2, 0.25) is 0 Å². The first-order valence-electron chi connectivity index (χ1n) is 6.55. The lowest BCUT2D eigenvalue weighted by Crippen LogP contribution is -2.06. The molecule has 110 valence electrons. The molecule has 0 N–H and O–H groups in total. The van der Waals surface area contributed by atoms with E-state index in [9.17, 15) is 9.18 Å². The summed E-state index contributed by atoms with van der Waals surface area (Å²) in [5.74, 6) is 0.742. The number of carbonyl (C=O) groups excluding carboxylic acids is 1. The molecule has 4 heteroatoms. The second-order valence-corrected chi connectivity index (χ2v) is 4.74. The second-order valence-electron chi connectivity index (χ2n) is 4.74. The normalized spacial score (nSPS) is 10.3. The first-order chi connectivity index (χ1) is 10.0. The van der Waals surface area contributed by atoms with Gasteiger partial charge >= 0.3 is 0 Å². The molecule has 3 nitrogen and oxygen atoms in total. The molecule has 2 aromatic rings. The van der Waals surface area contributed by atoms with Crippen molar-refractivity contribution in [3.63, 3.8) is 0 Å². The van der Waals surface area contributed by atoms with Crippen molar-refractivity contribution in [1.82, 2.24) is 0 Å². The number of methoxy groups -OCH3 is 2. The lowest BCUT2D eigenvalue weighted by atomic mass is 9.99. The van der Waals surface area contributed by atoms with Crippen LogP contribution in [0.3, 0.4) is 0 Å². The lowest BCUT2D eigenvalue weighted by Gasteiger charge is -2.10. The number of hydrogen-bond donors (Lipinski definition) is 0. The van der Waals surface area contributed by atoms with Gasteiger partial charge in [-0.2, -0.15) is 0 Å². The van der Waals surface area contributed by atoms with Crippen molar-refractivity contribution in [2.24, 2.45) is 0 Å². The predicted octanol–water partition coefficient (Wildman–Crippen LogP) is 3.58. The fourth-order valence-electron chi connectivity index (χ4n) is 2.14. The highest BCUT2D eigenvalue weighted by atomic mass is 19.1. The van der Waals surface area contributed by atoms with Crippen LogP contribution in [0.25, 0.3) is 0 Å². The SMILES string of the molecule is COc1ccc(C(=O)Cc2ccc(F)cc2C)cc1OC. The Morgan fingerprint density at radius 1 is 1.05 bits per heavy atom. The van der Waals surface area contributed by atoms with Crippen molar-refractivity contribution in [2.45, 2.75) is 13.3 Å². The van der Waals surface area contributed by atoms with Crippen molar-refractivity contribution in [1.29, 1.82) is 0 Å². The minimum Gasteiger partial charge on any atom is -0.493 e. The molecule has 0 atom stereocenters. The Labute approximate surface area is 123 Å². The van der Waals surface area contributed by atoms with E-state index in [1.165, 1.54) is 19.2 Å². The van der Waals surface area contributed by atoms with Gasteiger partial charge in [-0.3, -0.25) is 4.79 Å². The predicted molar refractivity (Wildman–Crippen MR) is 78.7 cm³/mol. The van der Waals surface area contributed by atoms with Crippen molar-refractivity contribution >= 4 is 5.78 Å². The standard InChI is InChI=1S/C17H17FO3/c1-11-8-14(18)6-4-12(11)9-15(19)13-5-7-16(20-2)17(10-13)21-3/h4-8,10H,9H2,1-3H3. The van der Waals surface area contributed by atoms with Crippen LogP contribution in [0.1, 0.15) is 21.5 Å². The Kier molecular flexibility index (Phi) is 4.58. The first kappa shape index (κ1) is 15.0. The van der Waals surface area contributed by atoms with E-state index >= 15 is 0 Å². The molecule has 0 aliphatic rings. The summed E-state index contributed by atoms with van der Waals surface area (Å²) < 4.78 is 23.4. The summed E-state index contributed by atoms with van der Waals surface area (Å²) in [6.07, 6.45) is 0.224. The fraction of sp³-hybridized carbons (Fsp3) is 0.235. The van der Waals surface area contributed by atoms with Crippen LogP contribution in [0, 0.1) is 12.7 Å². The molecule has 0 aliphatic heterocycles. The van der Waals surface area contributed by atoms with E-state index in [0.29, 0.717) is 17.1 Å². The van der Waals surface area contributed by atoms with E-state index in [2.05, 4.69) is 0 Å². The monoisotopic (exact) mass is 288 g/mol. The first-order valence-corrected chi connectivity index (χ1v) is 6.55. The number of Topliss-reactive ketones (excluding diaryl/α,β-unsaturated/α-hetero) is 1. The maximum atomic E-state index is 13.1. The van der Waals surface area contributed by atoms with Gasteiger partial charge in [0.1, 0.15) is 5.82 Å². The Bertz CT molecular complexity index is 665. The molecule has 0 saturated heterocycles. The van der Waals surface area contributed by atoms with Crippen LogP contribution in [-0.2, 0) is 6.42 Å². The van der Waals surface area contributed by atoms with Gasteiger partial charge in [0, 0.05) is 12.0 Å². The third-order valence-electron chi connectivity index (χ3n) is 3.36. The van der Waals surface area contributed by atoms with Crippen LogP contribution in [-0.4, -0.2) is 20.0 Å². The number of ketones is 1. The minimum atomic E-state index is -0.296. The summed E-state index contributed by atoms with van der Waals surface area (Å²) >= 11 is 0. The zero-order valence-electron chi connectivity index (χ0n) is 12.3. The topological polar surface area (TPSA) is 35.5 Å². The largest absolute Gasteiger partial charge is 0.493 e. The van der Waals surface area contributed by atoms with Gasteiger partial charge in [-0.1, -0.05) is 6.07 Å². The van der Waals surface area contributed by atoms with Gasteiger partial charge in [0.25, 0.3) is 0 Å². The summed E-state index contributed by atoms with van der Waals surface area (Å²) in [4.78, 5) is 12.3. The number of halogens is 1. The van der Waals surface area contributed by atoms with Crippen molar-refractivity contribution < 1.29 is 18.7 Å². The molecule has 0 radical (unpaired) electrons. The summed E-state index contributed by atoms with van der Waals surface area (Å²) in [7, 11) is 3.07. The van der Waals surface area contributed by atoms with Gasteiger partial charge in [0.05, 0.1) is 14.2 Å². The molecule has 0 fully saturated rings.